The number of hydrogen-bond acceptors (Lipinski definition) is 2. The van der Waals surface area contributed by atoms with Crippen LogP contribution in [0, 0.1) is 18.6 Å². The van der Waals surface area contributed by atoms with E-state index in [1.54, 1.807) is 24.0 Å². The van der Waals surface area contributed by atoms with E-state index in [4.69, 9.17) is 0 Å². The first kappa shape index (κ1) is 26.9. The molecule has 3 aromatic carbocycles. The molecule has 0 aromatic heterocycles. The van der Waals surface area contributed by atoms with Crippen LogP contribution in [0.5, 0.6) is 0 Å². The molecule has 3 nitrogen and oxygen atoms in total. The van der Waals surface area contributed by atoms with Crippen molar-refractivity contribution in [1.29, 1.82) is 0 Å². The van der Waals surface area contributed by atoms with Crippen molar-refractivity contribution < 1.29 is 26.7 Å². The van der Waals surface area contributed by atoms with Gasteiger partial charge in [0.15, 0.2) is 0 Å². The average Bonchev–Trinajstić information content (AvgIpc) is 2.82. The number of nitrogens with one attached hydrogen (secondary N) is 1. The maximum atomic E-state index is 15.1. The van der Waals surface area contributed by atoms with Gasteiger partial charge >= 0.3 is 6.18 Å². The normalized spacial score (nSPS) is 13.3. The second-order valence-electron chi connectivity index (χ2n) is 8.10. The van der Waals surface area contributed by atoms with E-state index in [2.05, 4.69) is 27.9 Å². The van der Waals surface area contributed by atoms with Crippen LogP contribution in [-0.2, 0) is 17.4 Å². The highest BCUT2D eigenvalue weighted by Gasteiger charge is 2.34. The van der Waals surface area contributed by atoms with Crippen LogP contribution < -0.4 is 10.2 Å². The number of halogens is 6. The molecule has 0 saturated heterocycles. The van der Waals surface area contributed by atoms with Crippen LogP contribution in [0.4, 0.5) is 27.6 Å². The number of amides is 1. The van der Waals surface area contributed by atoms with E-state index >= 15 is 4.39 Å². The SMILES string of the molecule is CNC(=O)C(c1ccc(F)cc1)N(c1cc(C)ccc1F)[C@@H](I)CCc1ccc(C(F)(F)F)cc1. The topological polar surface area (TPSA) is 32.3 Å². The summed E-state index contributed by atoms with van der Waals surface area (Å²) in [4.78, 5) is 14.7. The van der Waals surface area contributed by atoms with E-state index in [1.807, 2.05) is 0 Å². The Bertz CT molecular complexity index is 1150. The van der Waals surface area contributed by atoms with E-state index < -0.39 is 39.4 Å². The summed E-state index contributed by atoms with van der Waals surface area (Å²) >= 11 is 2.11. The Morgan fingerprint density at radius 3 is 2.20 bits per heavy atom. The highest BCUT2D eigenvalue weighted by Crippen LogP contribution is 2.36. The van der Waals surface area contributed by atoms with Crippen molar-refractivity contribution in [3.63, 3.8) is 0 Å². The van der Waals surface area contributed by atoms with E-state index in [0.717, 1.165) is 17.7 Å². The molecule has 1 N–H and O–H groups in total. The highest BCUT2D eigenvalue weighted by molar-refractivity contribution is 14.1. The summed E-state index contributed by atoms with van der Waals surface area (Å²) in [6.45, 7) is 1.80. The number of anilines is 1. The van der Waals surface area contributed by atoms with Crippen LogP contribution in [-0.4, -0.2) is 17.0 Å². The molecule has 0 spiro atoms. The Morgan fingerprint density at radius 1 is 1.00 bits per heavy atom. The van der Waals surface area contributed by atoms with Gasteiger partial charge in [0.2, 0.25) is 5.91 Å². The smallest absolute Gasteiger partial charge is 0.357 e. The lowest BCUT2D eigenvalue weighted by atomic mass is 10.0. The van der Waals surface area contributed by atoms with E-state index in [-0.39, 0.29) is 5.69 Å². The summed E-state index contributed by atoms with van der Waals surface area (Å²) in [6.07, 6.45) is -3.60. The van der Waals surface area contributed by atoms with Crippen LogP contribution >= 0.6 is 22.6 Å². The first-order valence-corrected chi connectivity index (χ1v) is 12.1. The van der Waals surface area contributed by atoms with Crippen LogP contribution in [0.1, 0.15) is 34.7 Å². The Kier molecular flexibility index (Phi) is 8.74. The molecule has 3 aromatic rings. The van der Waals surface area contributed by atoms with Gasteiger partial charge in [-0.15, -0.1) is 0 Å². The molecule has 1 amide bonds. The number of alkyl halides is 4. The third-order valence-electron chi connectivity index (χ3n) is 5.59. The van der Waals surface area contributed by atoms with Gasteiger partial charge in [-0.1, -0.05) is 52.9 Å². The van der Waals surface area contributed by atoms with Crippen LogP contribution in [0.2, 0.25) is 0 Å². The van der Waals surface area contributed by atoms with Crippen molar-refractivity contribution in [1.82, 2.24) is 5.32 Å². The average molecular weight is 602 g/mol. The van der Waals surface area contributed by atoms with Gasteiger partial charge in [-0.3, -0.25) is 4.79 Å². The minimum absolute atomic E-state index is 0.203. The van der Waals surface area contributed by atoms with Gasteiger partial charge in [-0.25, -0.2) is 8.78 Å². The summed E-state index contributed by atoms with van der Waals surface area (Å²) in [5, 5.41) is 2.60. The molecule has 0 saturated carbocycles. The lowest BCUT2D eigenvalue weighted by Gasteiger charge is -2.37. The molecule has 2 atom stereocenters. The van der Waals surface area contributed by atoms with Gasteiger partial charge in [-0.2, -0.15) is 13.2 Å². The van der Waals surface area contributed by atoms with Gasteiger partial charge in [0.05, 0.1) is 15.3 Å². The molecule has 0 bridgehead atoms. The lowest BCUT2D eigenvalue weighted by Crippen LogP contribution is -2.43. The fourth-order valence-electron chi connectivity index (χ4n) is 3.78. The van der Waals surface area contributed by atoms with Gasteiger partial charge < -0.3 is 10.2 Å². The maximum Gasteiger partial charge on any atom is 0.416 e. The fraction of sp³-hybridized carbons (Fsp3) is 0.269. The molecule has 3 rings (SSSR count). The second kappa shape index (κ2) is 11.4. The standard InChI is InChI=1S/C26H24F5IN2O/c1-16-3-13-21(28)22(15-16)34(24(25(35)33-2)18-7-11-20(27)12-8-18)23(32)14-6-17-4-9-19(10-5-17)26(29,30)31/h3-5,7-13,15,23-24H,6,14H2,1-2H3,(H,33,35)/t23-,24?/m1/s1. The maximum absolute atomic E-state index is 15.1. The first-order chi connectivity index (χ1) is 16.5. The molecular weight excluding hydrogens is 578 g/mol. The Morgan fingerprint density at radius 2 is 1.63 bits per heavy atom. The quantitative estimate of drug-likeness (QED) is 0.131. The molecule has 1 unspecified atom stereocenters. The zero-order chi connectivity index (χ0) is 25.8. The molecule has 9 heteroatoms. The number of nitrogens with zero attached hydrogens (tertiary/aromatic N) is 1. The number of aryl methyl sites for hydroxylation is 2. The number of likely N-dealkylation sites (N-methyl/N-ethyl adjacent to an activating group) is 1. The predicted octanol–water partition coefficient (Wildman–Crippen LogP) is 6.98. The fourth-order valence-corrected chi connectivity index (χ4v) is 4.71. The molecule has 0 aliphatic carbocycles. The first-order valence-electron chi connectivity index (χ1n) is 10.8. The van der Waals surface area contributed by atoms with Gasteiger partial charge in [0, 0.05) is 7.05 Å². The van der Waals surface area contributed by atoms with Gasteiger partial charge in [-0.05, 0) is 72.9 Å². The monoisotopic (exact) mass is 602 g/mol. The van der Waals surface area contributed by atoms with Crippen molar-refractivity contribution in [2.75, 3.05) is 11.9 Å². The number of hydrogen-bond donors (Lipinski definition) is 1. The third kappa shape index (κ3) is 6.71. The number of rotatable bonds is 8. The molecule has 35 heavy (non-hydrogen) atoms. The van der Waals surface area contributed by atoms with Crippen molar-refractivity contribution in [2.45, 2.75) is 36.0 Å². The summed E-state index contributed by atoms with van der Waals surface area (Å²) < 4.78 is 66.9. The van der Waals surface area contributed by atoms with Gasteiger partial charge in [0.1, 0.15) is 17.7 Å². The summed E-state index contributed by atoms with van der Waals surface area (Å²) in [6, 6.07) is 13.9. The van der Waals surface area contributed by atoms with Crippen molar-refractivity contribution >= 4 is 34.2 Å². The van der Waals surface area contributed by atoms with E-state index in [9.17, 15) is 22.4 Å². The molecule has 0 aliphatic heterocycles. The summed E-state index contributed by atoms with van der Waals surface area (Å²) in [5.74, 6) is -1.40. The van der Waals surface area contributed by atoms with Crippen LogP contribution in [0.15, 0.2) is 66.7 Å². The Balaban J connectivity index is 1.98. The van der Waals surface area contributed by atoms with Crippen molar-refractivity contribution in [3.8, 4) is 0 Å². The summed E-state index contributed by atoms with van der Waals surface area (Å²) in [7, 11) is 1.47. The van der Waals surface area contributed by atoms with Crippen molar-refractivity contribution in [2.24, 2.45) is 0 Å². The minimum atomic E-state index is -4.42. The second-order valence-corrected chi connectivity index (χ2v) is 9.54. The molecular formula is C26H24F5IN2O. The van der Waals surface area contributed by atoms with Crippen LogP contribution in [0.25, 0.3) is 0 Å². The molecule has 0 heterocycles. The van der Waals surface area contributed by atoms with E-state index in [1.165, 1.54) is 49.5 Å². The minimum Gasteiger partial charge on any atom is -0.357 e. The molecule has 0 fully saturated rings. The largest absolute Gasteiger partial charge is 0.416 e. The highest BCUT2D eigenvalue weighted by atomic mass is 127. The van der Waals surface area contributed by atoms with Crippen LogP contribution in [0.3, 0.4) is 0 Å². The number of benzene rings is 3. The predicted molar refractivity (Wildman–Crippen MR) is 134 cm³/mol. The van der Waals surface area contributed by atoms with Gasteiger partial charge in [0.25, 0.3) is 0 Å². The van der Waals surface area contributed by atoms with Crippen molar-refractivity contribution in [3.05, 3.63) is 101 Å². The zero-order valence-corrected chi connectivity index (χ0v) is 21.2. The molecule has 0 aliphatic rings. The van der Waals surface area contributed by atoms with E-state index in [0.29, 0.717) is 24.0 Å². The Labute approximate surface area is 214 Å². The molecule has 0 radical (unpaired) electrons. The number of carbonyl (C=O) groups excluding carboxylic acids is 1. The Hall–Kier alpha value is -2.69. The number of carbonyl (C=O) groups is 1. The summed E-state index contributed by atoms with van der Waals surface area (Å²) in [5.41, 5.74) is 1.42. The third-order valence-corrected chi connectivity index (χ3v) is 6.82. The lowest BCUT2D eigenvalue weighted by molar-refractivity contribution is -0.137. The molecule has 186 valence electrons. The zero-order valence-electron chi connectivity index (χ0n) is 19.0.